The summed E-state index contributed by atoms with van der Waals surface area (Å²) in [6.45, 7) is 2.91. The fourth-order valence-corrected chi connectivity index (χ4v) is 8.94. The van der Waals surface area contributed by atoms with Gasteiger partial charge in [0.15, 0.2) is 0 Å². The monoisotopic (exact) mass is 491 g/mol. The molecule has 1 aliphatic carbocycles. The van der Waals surface area contributed by atoms with Crippen LogP contribution in [0.4, 0.5) is 0 Å². The van der Waals surface area contributed by atoms with E-state index in [1.807, 2.05) is 0 Å². The molecule has 5 rings (SSSR count). The summed E-state index contributed by atoms with van der Waals surface area (Å²) >= 11 is 3.70. The Morgan fingerprint density at radius 1 is 0.903 bits per heavy atom. The van der Waals surface area contributed by atoms with Crippen LogP contribution in [0.25, 0.3) is 0 Å². The highest BCUT2D eigenvalue weighted by Gasteiger charge is 2.38. The normalized spacial score (nSPS) is 22.5. The molecule has 4 heteroatoms. The number of halogens is 1. The fourth-order valence-electron chi connectivity index (χ4n) is 5.09. The average molecular weight is 492 g/mol. The fraction of sp³-hybridized carbons (Fsp3) is 0.296. The molecule has 2 unspecified atom stereocenters. The Hall–Kier alpha value is -1.96. The maximum atomic E-state index is 6.02. The number of ether oxygens (including phenoxy) is 1. The Morgan fingerprint density at radius 3 is 2.26 bits per heavy atom. The van der Waals surface area contributed by atoms with Gasteiger partial charge in [-0.25, -0.2) is 4.99 Å². The molecule has 3 aromatic rings. The summed E-state index contributed by atoms with van der Waals surface area (Å²) in [5.74, 6) is 1.37. The first kappa shape index (κ1) is 20.9. The van der Waals surface area contributed by atoms with Crippen molar-refractivity contribution in [2.75, 3.05) is 0 Å². The Balaban J connectivity index is 1.48. The van der Waals surface area contributed by atoms with Gasteiger partial charge in [0, 0.05) is 10.0 Å². The molecule has 1 saturated carbocycles. The highest BCUT2D eigenvalue weighted by molar-refractivity contribution is 9.10. The van der Waals surface area contributed by atoms with Crippen LogP contribution in [-0.4, -0.2) is 17.6 Å². The molecule has 1 heterocycles. The number of hydrogen-bond donors (Lipinski definition) is 0. The molecule has 0 bridgehead atoms. The van der Waals surface area contributed by atoms with E-state index in [4.69, 9.17) is 9.73 Å². The predicted molar refractivity (Wildman–Crippen MR) is 135 cm³/mol. The van der Waals surface area contributed by atoms with Crippen molar-refractivity contribution in [3.8, 4) is 0 Å². The molecule has 0 spiro atoms. The number of hydrogen-bond acceptors (Lipinski definition) is 2. The molecule has 1 aliphatic heterocycles. The third kappa shape index (κ3) is 4.23. The summed E-state index contributed by atoms with van der Waals surface area (Å²) in [6, 6.07) is 28.8. The second-order valence-corrected chi connectivity index (χ2v) is 11.7. The minimum Gasteiger partial charge on any atom is -0.473 e. The lowest BCUT2D eigenvalue weighted by atomic mass is 9.99. The molecule has 1 fully saturated rings. The lowest BCUT2D eigenvalue weighted by molar-refractivity contribution is 0.307. The van der Waals surface area contributed by atoms with Crippen LogP contribution in [0.2, 0.25) is 0 Å². The number of rotatable bonds is 5. The van der Waals surface area contributed by atoms with E-state index in [2.05, 4.69) is 102 Å². The third-order valence-electron chi connectivity index (χ3n) is 6.55. The third-order valence-corrected chi connectivity index (χ3v) is 10.2. The highest BCUT2D eigenvalue weighted by Crippen LogP contribution is 2.51. The number of benzene rings is 3. The Kier molecular flexibility index (Phi) is 6.25. The molecule has 0 aromatic heterocycles. The number of fused-ring (bicyclic) bond motifs is 1. The molecular weight excluding hydrogens is 465 g/mol. The molecule has 0 N–H and O–H groups in total. The molecule has 0 amide bonds. The van der Waals surface area contributed by atoms with E-state index < -0.39 is 7.92 Å². The van der Waals surface area contributed by atoms with Gasteiger partial charge in [0.1, 0.15) is 6.61 Å². The van der Waals surface area contributed by atoms with Gasteiger partial charge < -0.3 is 4.74 Å². The van der Waals surface area contributed by atoms with Crippen LogP contribution in [-0.2, 0) is 11.3 Å². The maximum Gasteiger partial charge on any atom is 0.218 e. The molecular formula is C27H27BrNOP. The first-order chi connectivity index (χ1) is 15.2. The van der Waals surface area contributed by atoms with Crippen LogP contribution < -0.4 is 10.6 Å². The minimum atomic E-state index is -0.420. The summed E-state index contributed by atoms with van der Waals surface area (Å²) in [5, 5.41) is 2.95. The summed E-state index contributed by atoms with van der Waals surface area (Å²) in [5.41, 5.74) is 3.00. The van der Waals surface area contributed by atoms with E-state index in [1.165, 1.54) is 35.4 Å². The smallest absolute Gasteiger partial charge is 0.218 e. The van der Waals surface area contributed by atoms with Crippen molar-refractivity contribution >= 4 is 40.4 Å². The molecule has 0 radical (unpaired) electrons. The molecule has 2 aliphatic rings. The zero-order valence-corrected chi connectivity index (χ0v) is 20.2. The molecule has 158 valence electrons. The first-order valence-electron chi connectivity index (χ1n) is 11.1. The van der Waals surface area contributed by atoms with E-state index in [0.29, 0.717) is 18.2 Å². The molecule has 2 nitrogen and oxygen atoms in total. The van der Waals surface area contributed by atoms with Gasteiger partial charge in [-0.1, -0.05) is 79.2 Å². The largest absolute Gasteiger partial charge is 0.473 e. The van der Waals surface area contributed by atoms with Gasteiger partial charge in [-0.3, -0.25) is 0 Å². The zero-order valence-electron chi connectivity index (χ0n) is 17.7. The number of nitrogens with zero attached hydrogens (tertiary/aromatic N) is 1. The van der Waals surface area contributed by atoms with Crippen molar-refractivity contribution in [2.24, 2.45) is 10.9 Å². The minimum absolute atomic E-state index is 0.234. The maximum absolute atomic E-state index is 6.02. The van der Waals surface area contributed by atoms with E-state index in [1.54, 1.807) is 0 Å². The molecule has 31 heavy (non-hydrogen) atoms. The summed E-state index contributed by atoms with van der Waals surface area (Å²) < 4.78 is 7.10. The van der Waals surface area contributed by atoms with Gasteiger partial charge in [-0.15, -0.1) is 0 Å². The predicted octanol–water partition coefficient (Wildman–Crippen LogP) is 6.42. The van der Waals surface area contributed by atoms with E-state index in [0.717, 1.165) is 15.9 Å². The van der Waals surface area contributed by atoms with Gasteiger partial charge in [0.2, 0.25) is 5.90 Å². The van der Waals surface area contributed by atoms with Gasteiger partial charge >= 0.3 is 0 Å². The number of aliphatic imine (C=N–C) groups is 1. The highest BCUT2D eigenvalue weighted by atomic mass is 79.9. The SMILES string of the molecule is C[C@@H](N=C1OCc2cccc(Br)c21)C1CCCC1P(c1ccccc1)c1ccccc1. The molecule has 3 aromatic carbocycles. The lowest BCUT2D eigenvalue weighted by Crippen LogP contribution is -2.30. The van der Waals surface area contributed by atoms with Crippen LogP contribution in [0.5, 0.6) is 0 Å². The first-order valence-corrected chi connectivity index (χ1v) is 13.3. The summed E-state index contributed by atoms with van der Waals surface area (Å²) in [4.78, 5) is 5.15. The topological polar surface area (TPSA) is 21.6 Å². The second-order valence-electron chi connectivity index (χ2n) is 8.44. The van der Waals surface area contributed by atoms with E-state index >= 15 is 0 Å². The summed E-state index contributed by atoms with van der Waals surface area (Å²) in [7, 11) is -0.420. The average Bonchev–Trinajstić information content (AvgIpc) is 3.44. The van der Waals surface area contributed by atoms with Crippen LogP contribution in [0.3, 0.4) is 0 Å². The molecule has 0 saturated heterocycles. The van der Waals surface area contributed by atoms with Gasteiger partial charge in [0.05, 0.1) is 11.6 Å². The Bertz CT molecular complexity index is 1030. The van der Waals surface area contributed by atoms with E-state index in [-0.39, 0.29) is 6.04 Å². The van der Waals surface area contributed by atoms with Crippen molar-refractivity contribution in [2.45, 2.75) is 44.5 Å². The van der Waals surface area contributed by atoms with Crippen molar-refractivity contribution in [3.05, 3.63) is 94.5 Å². The zero-order chi connectivity index (χ0) is 21.2. The van der Waals surface area contributed by atoms with Crippen molar-refractivity contribution in [1.29, 1.82) is 0 Å². The second kappa shape index (κ2) is 9.27. The van der Waals surface area contributed by atoms with Gasteiger partial charge in [-0.05, 0) is 71.9 Å². The standard InChI is InChI=1S/C27H27BrNOP/c1-19(29-27-26-20(18-30-27)10-8-16-24(26)28)23-15-9-17-25(23)31(21-11-4-2-5-12-21)22-13-6-3-7-14-22/h2-8,10-14,16,19,23,25H,9,15,17-18H2,1H3/t19-,23?,25?/m1/s1. The summed E-state index contributed by atoms with van der Waals surface area (Å²) in [6.07, 6.45) is 3.80. The van der Waals surface area contributed by atoms with Crippen molar-refractivity contribution in [3.63, 3.8) is 0 Å². The van der Waals surface area contributed by atoms with E-state index in [9.17, 15) is 0 Å². The van der Waals surface area contributed by atoms with Crippen LogP contribution >= 0.6 is 23.9 Å². The Morgan fingerprint density at radius 2 is 1.58 bits per heavy atom. The lowest BCUT2D eigenvalue weighted by Gasteiger charge is -2.32. The Labute approximate surface area is 194 Å². The quantitative estimate of drug-likeness (QED) is 0.377. The van der Waals surface area contributed by atoms with Crippen LogP contribution in [0.1, 0.15) is 37.3 Å². The van der Waals surface area contributed by atoms with Crippen molar-refractivity contribution in [1.82, 2.24) is 0 Å². The van der Waals surface area contributed by atoms with Crippen molar-refractivity contribution < 1.29 is 4.74 Å². The van der Waals surface area contributed by atoms with Gasteiger partial charge in [-0.2, -0.15) is 0 Å². The molecule has 3 atom stereocenters. The van der Waals surface area contributed by atoms with Crippen LogP contribution in [0.15, 0.2) is 88.3 Å². The van der Waals surface area contributed by atoms with Crippen LogP contribution in [0, 0.1) is 5.92 Å². The van der Waals surface area contributed by atoms with Gasteiger partial charge in [0.25, 0.3) is 0 Å².